The normalized spacial score (nSPS) is 11.0. The van der Waals surface area contributed by atoms with Gasteiger partial charge in [0, 0.05) is 30.2 Å². The number of H-pyrrole nitrogens is 1. The van der Waals surface area contributed by atoms with Crippen molar-refractivity contribution in [2.24, 2.45) is 0 Å². The minimum atomic E-state index is -1.03. The number of aromatic amines is 1. The van der Waals surface area contributed by atoms with Gasteiger partial charge in [-0.2, -0.15) is 0 Å². The Morgan fingerprint density at radius 2 is 2.14 bits per heavy atom. The number of fused-ring (bicyclic) bond motifs is 1. The SMILES string of the molecule is O=C(O)c1ccnc(Cc2c[nH]c(=O)c3cc(Cl)c(Cl)n23)c1. The van der Waals surface area contributed by atoms with Crippen LogP contribution in [0.5, 0.6) is 0 Å². The summed E-state index contributed by atoms with van der Waals surface area (Å²) in [4.78, 5) is 29.5. The second kappa shape index (κ2) is 5.47. The average Bonchev–Trinajstić information content (AvgIpc) is 2.79. The Morgan fingerprint density at radius 3 is 2.86 bits per heavy atom. The second-order valence-corrected chi connectivity index (χ2v) is 5.40. The molecule has 0 aliphatic carbocycles. The summed E-state index contributed by atoms with van der Waals surface area (Å²) in [5.74, 6) is -1.03. The fourth-order valence-corrected chi connectivity index (χ4v) is 2.66. The summed E-state index contributed by atoms with van der Waals surface area (Å²) in [5.41, 5.74) is 1.32. The fourth-order valence-electron chi connectivity index (χ4n) is 2.22. The maximum Gasteiger partial charge on any atom is 0.335 e. The lowest BCUT2D eigenvalue weighted by Gasteiger charge is -2.07. The summed E-state index contributed by atoms with van der Waals surface area (Å²) in [6.45, 7) is 0. The van der Waals surface area contributed by atoms with Crippen LogP contribution in [-0.2, 0) is 6.42 Å². The third kappa shape index (κ3) is 2.47. The zero-order valence-corrected chi connectivity index (χ0v) is 12.5. The van der Waals surface area contributed by atoms with E-state index < -0.39 is 5.97 Å². The van der Waals surface area contributed by atoms with Crippen molar-refractivity contribution in [1.82, 2.24) is 14.4 Å². The molecule has 0 atom stereocenters. The van der Waals surface area contributed by atoms with Gasteiger partial charge in [-0.3, -0.25) is 14.2 Å². The second-order valence-electron chi connectivity index (χ2n) is 4.63. The Bertz CT molecular complexity index is 946. The lowest BCUT2D eigenvalue weighted by Crippen LogP contribution is -2.12. The first kappa shape index (κ1) is 14.6. The highest BCUT2D eigenvalue weighted by atomic mass is 35.5. The largest absolute Gasteiger partial charge is 0.478 e. The van der Waals surface area contributed by atoms with Crippen LogP contribution in [0.4, 0.5) is 0 Å². The predicted octanol–water partition coefficient (Wildman–Crippen LogP) is 2.62. The predicted molar refractivity (Wildman–Crippen MR) is 82.0 cm³/mol. The minimum absolute atomic E-state index is 0.141. The molecule has 112 valence electrons. The topological polar surface area (TPSA) is 87.5 Å². The number of rotatable bonds is 3. The van der Waals surface area contributed by atoms with Crippen molar-refractivity contribution in [3.63, 3.8) is 0 Å². The molecule has 0 fully saturated rings. The molecule has 0 saturated carbocycles. The molecule has 3 aromatic heterocycles. The van der Waals surface area contributed by atoms with Crippen molar-refractivity contribution in [1.29, 1.82) is 0 Å². The van der Waals surface area contributed by atoms with Gasteiger partial charge < -0.3 is 10.1 Å². The molecule has 0 aliphatic heterocycles. The van der Waals surface area contributed by atoms with Gasteiger partial charge in [0.05, 0.1) is 10.6 Å². The van der Waals surface area contributed by atoms with Gasteiger partial charge in [0.2, 0.25) is 0 Å². The highest BCUT2D eigenvalue weighted by Crippen LogP contribution is 2.26. The molecule has 0 unspecified atom stereocenters. The first-order valence-corrected chi connectivity index (χ1v) is 6.98. The van der Waals surface area contributed by atoms with Gasteiger partial charge in [-0.05, 0) is 18.2 Å². The van der Waals surface area contributed by atoms with Crippen LogP contribution in [-0.4, -0.2) is 25.4 Å². The number of halogens is 2. The minimum Gasteiger partial charge on any atom is -0.478 e. The van der Waals surface area contributed by atoms with Gasteiger partial charge in [-0.15, -0.1) is 0 Å². The van der Waals surface area contributed by atoms with Gasteiger partial charge >= 0.3 is 5.97 Å². The zero-order valence-electron chi connectivity index (χ0n) is 11.0. The summed E-state index contributed by atoms with van der Waals surface area (Å²) in [6.07, 6.45) is 3.22. The maximum absolute atomic E-state index is 11.8. The van der Waals surface area contributed by atoms with Crippen molar-refractivity contribution in [2.45, 2.75) is 6.42 Å². The van der Waals surface area contributed by atoms with Crippen LogP contribution in [0.15, 0.2) is 35.4 Å². The molecule has 22 heavy (non-hydrogen) atoms. The van der Waals surface area contributed by atoms with Crippen LogP contribution < -0.4 is 5.56 Å². The molecule has 8 heteroatoms. The number of nitrogens with zero attached hydrogens (tertiary/aromatic N) is 2. The number of nitrogens with one attached hydrogen (secondary N) is 1. The van der Waals surface area contributed by atoms with Gasteiger partial charge in [0.1, 0.15) is 10.7 Å². The van der Waals surface area contributed by atoms with Crippen LogP contribution in [0.3, 0.4) is 0 Å². The number of hydrogen-bond acceptors (Lipinski definition) is 3. The zero-order chi connectivity index (χ0) is 15.9. The summed E-state index contributed by atoms with van der Waals surface area (Å²) in [6, 6.07) is 4.36. The third-order valence-electron chi connectivity index (χ3n) is 3.21. The maximum atomic E-state index is 11.8. The molecular weight excluding hydrogens is 329 g/mol. The molecule has 0 aliphatic rings. The number of carboxylic acid groups (broad SMARTS) is 1. The quantitative estimate of drug-likeness (QED) is 0.768. The van der Waals surface area contributed by atoms with Crippen LogP contribution in [0.1, 0.15) is 21.7 Å². The van der Waals surface area contributed by atoms with E-state index in [-0.39, 0.29) is 21.3 Å². The standard InChI is InChI=1S/C14H9Cl2N3O3/c15-10-5-11-13(20)18-6-9(19(11)12(10)16)4-8-3-7(14(21)22)1-2-17-8/h1-3,5-6H,4H2,(H,18,20)(H,21,22). The van der Waals surface area contributed by atoms with Crippen molar-refractivity contribution in [3.8, 4) is 0 Å². The van der Waals surface area contributed by atoms with E-state index in [0.29, 0.717) is 23.3 Å². The Balaban J connectivity index is 2.12. The Labute approximate surface area is 133 Å². The van der Waals surface area contributed by atoms with Gasteiger partial charge in [0.25, 0.3) is 5.56 Å². The molecule has 3 aromatic rings. The number of hydrogen-bond donors (Lipinski definition) is 2. The van der Waals surface area contributed by atoms with E-state index in [1.165, 1.54) is 35.0 Å². The molecule has 0 aromatic carbocycles. The van der Waals surface area contributed by atoms with Crippen LogP contribution in [0.25, 0.3) is 5.52 Å². The van der Waals surface area contributed by atoms with Crippen LogP contribution in [0.2, 0.25) is 10.2 Å². The molecular formula is C14H9Cl2N3O3. The monoisotopic (exact) mass is 337 g/mol. The van der Waals surface area contributed by atoms with E-state index in [2.05, 4.69) is 9.97 Å². The highest BCUT2D eigenvalue weighted by Gasteiger charge is 2.14. The summed E-state index contributed by atoms with van der Waals surface area (Å²) >= 11 is 12.1. The first-order chi connectivity index (χ1) is 10.5. The summed E-state index contributed by atoms with van der Waals surface area (Å²) < 4.78 is 1.53. The summed E-state index contributed by atoms with van der Waals surface area (Å²) in [7, 11) is 0. The van der Waals surface area contributed by atoms with E-state index in [4.69, 9.17) is 28.3 Å². The molecule has 0 spiro atoms. The van der Waals surface area contributed by atoms with Crippen LogP contribution in [0, 0.1) is 0 Å². The smallest absolute Gasteiger partial charge is 0.335 e. The Morgan fingerprint density at radius 1 is 1.36 bits per heavy atom. The van der Waals surface area contributed by atoms with Crippen molar-refractivity contribution < 1.29 is 9.90 Å². The van der Waals surface area contributed by atoms with E-state index in [0.717, 1.165) is 0 Å². The van der Waals surface area contributed by atoms with Gasteiger partial charge in [0.15, 0.2) is 0 Å². The first-order valence-electron chi connectivity index (χ1n) is 6.22. The lowest BCUT2D eigenvalue weighted by molar-refractivity contribution is 0.0696. The van der Waals surface area contributed by atoms with E-state index >= 15 is 0 Å². The van der Waals surface area contributed by atoms with Gasteiger partial charge in [-0.25, -0.2) is 4.79 Å². The van der Waals surface area contributed by atoms with Gasteiger partial charge in [-0.1, -0.05) is 23.2 Å². The van der Waals surface area contributed by atoms with E-state index in [9.17, 15) is 9.59 Å². The third-order valence-corrected chi connectivity index (χ3v) is 3.97. The number of aromatic carboxylic acids is 1. The molecule has 0 amide bonds. The molecule has 3 rings (SSSR count). The molecule has 0 bridgehead atoms. The molecule has 3 heterocycles. The van der Waals surface area contributed by atoms with Crippen LogP contribution >= 0.6 is 23.2 Å². The fraction of sp³-hybridized carbons (Fsp3) is 0.0714. The Hall–Kier alpha value is -2.31. The summed E-state index contributed by atoms with van der Waals surface area (Å²) in [5, 5.41) is 9.51. The lowest BCUT2D eigenvalue weighted by atomic mass is 10.1. The molecule has 6 nitrogen and oxygen atoms in total. The number of carboxylic acids is 1. The number of pyridine rings is 1. The van der Waals surface area contributed by atoms with E-state index in [1.54, 1.807) is 0 Å². The highest BCUT2D eigenvalue weighted by molar-refractivity contribution is 6.42. The molecule has 2 N–H and O–H groups in total. The number of carbonyl (C=O) groups is 1. The van der Waals surface area contributed by atoms with E-state index in [1.807, 2.05) is 0 Å². The number of aromatic nitrogens is 3. The van der Waals surface area contributed by atoms with Crippen molar-refractivity contribution in [3.05, 3.63) is 68.1 Å². The Kier molecular flexibility index (Phi) is 3.64. The van der Waals surface area contributed by atoms with Crippen molar-refractivity contribution in [2.75, 3.05) is 0 Å². The molecule has 0 radical (unpaired) electrons. The average molecular weight is 338 g/mol. The van der Waals surface area contributed by atoms with Crippen molar-refractivity contribution >= 4 is 34.7 Å². The molecule has 0 saturated heterocycles.